The molecule has 1 saturated heterocycles. The van der Waals surface area contributed by atoms with Crippen LogP contribution in [0.2, 0.25) is 0 Å². The summed E-state index contributed by atoms with van der Waals surface area (Å²) in [5.74, 6) is 0.304. The molecule has 110 valence electrons. The molecular weight excluding hydrogens is 270 g/mol. The minimum absolute atomic E-state index is 0.0365. The van der Waals surface area contributed by atoms with Crippen molar-refractivity contribution in [2.75, 3.05) is 19.6 Å². The van der Waals surface area contributed by atoms with Gasteiger partial charge in [-0.1, -0.05) is 35.5 Å². The van der Waals surface area contributed by atoms with E-state index in [1.165, 1.54) is 0 Å². The van der Waals surface area contributed by atoms with E-state index in [2.05, 4.69) is 15.8 Å². The molecule has 1 fully saturated rings. The summed E-state index contributed by atoms with van der Waals surface area (Å²) < 4.78 is 5.19. The zero-order valence-corrected chi connectivity index (χ0v) is 11.5. The van der Waals surface area contributed by atoms with Crippen LogP contribution < -0.4 is 10.6 Å². The zero-order chi connectivity index (χ0) is 14.7. The Morgan fingerprint density at radius 1 is 1.38 bits per heavy atom. The summed E-state index contributed by atoms with van der Waals surface area (Å²) in [6, 6.07) is 11.1. The fraction of sp³-hybridized carbons (Fsp3) is 0.333. The third-order valence-corrected chi connectivity index (χ3v) is 3.63. The van der Waals surface area contributed by atoms with Crippen LogP contribution in [-0.4, -0.2) is 41.9 Å². The Morgan fingerprint density at radius 3 is 2.90 bits per heavy atom. The van der Waals surface area contributed by atoms with Gasteiger partial charge in [-0.05, 0) is 0 Å². The number of nitrogens with one attached hydrogen (secondary N) is 2. The van der Waals surface area contributed by atoms with E-state index in [1.54, 1.807) is 6.07 Å². The molecule has 0 aliphatic carbocycles. The molecule has 3 N–H and O–H groups in total. The first kappa shape index (κ1) is 13.8. The van der Waals surface area contributed by atoms with Crippen molar-refractivity contribution in [2.45, 2.75) is 6.10 Å². The monoisotopic (exact) mass is 287 g/mol. The van der Waals surface area contributed by atoms with Crippen molar-refractivity contribution in [1.29, 1.82) is 0 Å². The normalized spacial score (nSPS) is 21.4. The predicted octanol–water partition coefficient (Wildman–Crippen LogP) is 0.652. The van der Waals surface area contributed by atoms with Crippen LogP contribution in [0, 0.1) is 5.92 Å². The van der Waals surface area contributed by atoms with Crippen LogP contribution in [0.25, 0.3) is 11.3 Å². The van der Waals surface area contributed by atoms with E-state index in [9.17, 15) is 9.90 Å². The van der Waals surface area contributed by atoms with Crippen molar-refractivity contribution in [3.63, 3.8) is 0 Å². The highest BCUT2D eigenvalue weighted by Gasteiger charge is 2.25. The molecule has 2 aromatic rings. The molecule has 1 aromatic carbocycles. The lowest BCUT2D eigenvalue weighted by Crippen LogP contribution is -2.34. The maximum atomic E-state index is 12.0. The highest BCUT2D eigenvalue weighted by molar-refractivity contribution is 5.93. The van der Waals surface area contributed by atoms with Gasteiger partial charge in [-0.15, -0.1) is 0 Å². The molecule has 1 aliphatic heterocycles. The first-order valence-electron chi connectivity index (χ1n) is 6.93. The molecule has 2 heterocycles. The summed E-state index contributed by atoms with van der Waals surface area (Å²) >= 11 is 0. The Kier molecular flexibility index (Phi) is 3.98. The zero-order valence-electron chi connectivity index (χ0n) is 11.5. The van der Waals surface area contributed by atoms with Crippen LogP contribution in [0.15, 0.2) is 40.9 Å². The van der Waals surface area contributed by atoms with Gasteiger partial charge in [0.2, 0.25) is 0 Å². The van der Waals surface area contributed by atoms with Crippen molar-refractivity contribution >= 4 is 5.91 Å². The van der Waals surface area contributed by atoms with Gasteiger partial charge >= 0.3 is 0 Å². The third-order valence-electron chi connectivity index (χ3n) is 3.63. The molecular formula is C15H17N3O3. The van der Waals surface area contributed by atoms with Gasteiger partial charge in [0.15, 0.2) is 11.5 Å². The maximum Gasteiger partial charge on any atom is 0.273 e. The molecule has 0 saturated carbocycles. The number of carbonyl (C=O) groups excluding carboxylic acids is 1. The van der Waals surface area contributed by atoms with Crippen molar-refractivity contribution in [1.82, 2.24) is 15.8 Å². The van der Waals surface area contributed by atoms with Gasteiger partial charge in [0.1, 0.15) is 0 Å². The Morgan fingerprint density at radius 2 is 2.19 bits per heavy atom. The average Bonchev–Trinajstić information content (AvgIpc) is 3.15. The summed E-state index contributed by atoms with van der Waals surface area (Å²) in [7, 11) is 0. The highest BCUT2D eigenvalue weighted by atomic mass is 16.5. The number of nitrogens with zero attached hydrogens (tertiary/aromatic N) is 1. The molecule has 1 amide bonds. The number of hydrogen-bond donors (Lipinski definition) is 3. The number of aliphatic hydroxyl groups excluding tert-OH is 1. The Labute approximate surface area is 122 Å². The SMILES string of the molecule is O=C(NCC1CNCC1O)c1cc(-c2ccccc2)on1. The highest BCUT2D eigenvalue weighted by Crippen LogP contribution is 2.19. The Hall–Kier alpha value is -2.18. The van der Waals surface area contributed by atoms with Crippen LogP contribution in [0.5, 0.6) is 0 Å². The number of rotatable bonds is 4. The first-order valence-corrected chi connectivity index (χ1v) is 6.93. The molecule has 1 aliphatic rings. The van der Waals surface area contributed by atoms with Crippen molar-refractivity contribution < 1.29 is 14.4 Å². The van der Waals surface area contributed by atoms with Gasteiger partial charge in [0.05, 0.1) is 6.10 Å². The summed E-state index contributed by atoms with van der Waals surface area (Å²) in [6.45, 7) is 1.69. The second kappa shape index (κ2) is 6.07. The molecule has 0 bridgehead atoms. The van der Waals surface area contributed by atoms with E-state index < -0.39 is 6.10 Å². The smallest absolute Gasteiger partial charge is 0.273 e. The van der Waals surface area contributed by atoms with Crippen molar-refractivity contribution in [3.8, 4) is 11.3 Å². The van der Waals surface area contributed by atoms with Gasteiger partial charge in [-0.2, -0.15) is 0 Å². The number of aliphatic hydroxyl groups is 1. The van der Waals surface area contributed by atoms with Gasteiger partial charge in [0, 0.05) is 37.2 Å². The summed E-state index contributed by atoms with van der Waals surface area (Å²) in [5, 5.41) is 19.3. The van der Waals surface area contributed by atoms with Gasteiger partial charge in [-0.25, -0.2) is 0 Å². The number of benzene rings is 1. The number of aromatic nitrogens is 1. The van der Waals surface area contributed by atoms with E-state index >= 15 is 0 Å². The number of β-amino-alcohol motifs (C(OH)–C–C–N with tert-alkyl or cyclic N) is 1. The quantitative estimate of drug-likeness (QED) is 0.768. The average molecular weight is 287 g/mol. The second-order valence-corrected chi connectivity index (χ2v) is 5.14. The van der Waals surface area contributed by atoms with E-state index in [4.69, 9.17) is 4.52 Å². The fourth-order valence-corrected chi connectivity index (χ4v) is 2.36. The lowest BCUT2D eigenvalue weighted by Gasteiger charge is -2.13. The van der Waals surface area contributed by atoms with E-state index in [0.717, 1.165) is 5.56 Å². The third kappa shape index (κ3) is 3.12. The summed E-state index contributed by atoms with van der Waals surface area (Å²) in [4.78, 5) is 12.0. The topological polar surface area (TPSA) is 87.4 Å². The Bertz CT molecular complexity index is 612. The van der Waals surface area contributed by atoms with Crippen LogP contribution in [0.3, 0.4) is 0 Å². The van der Waals surface area contributed by atoms with Gasteiger partial charge < -0.3 is 20.3 Å². The minimum Gasteiger partial charge on any atom is -0.391 e. The Balaban J connectivity index is 1.62. The van der Waals surface area contributed by atoms with Gasteiger partial charge in [0.25, 0.3) is 5.91 Å². The molecule has 21 heavy (non-hydrogen) atoms. The molecule has 0 radical (unpaired) electrons. The number of carbonyl (C=O) groups is 1. The standard InChI is InChI=1S/C15H17N3O3/c19-13-9-16-7-11(13)8-17-15(20)12-6-14(21-18-12)10-4-2-1-3-5-10/h1-6,11,13,16,19H,7-9H2,(H,17,20). The molecule has 3 rings (SSSR count). The van der Waals surface area contributed by atoms with Crippen molar-refractivity contribution in [3.05, 3.63) is 42.1 Å². The first-order chi connectivity index (χ1) is 10.2. The molecule has 1 aromatic heterocycles. The van der Waals surface area contributed by atoms with E-state index in [-0.39, 0.29) is 17.5 Å². The number of hydrogen-bond acceptors (Lipinski definition) is 5. The lowest BCUT2D eigenvalue weighted by atomic mass is 10.1. The fourth-order valence-electron chi connectivity index (χ4n) is 2.36. The predicted molar refractivity (Wildman–Crippen MR) is 76.6 cm³/mol. The van der Waals surface area contributed by atoms with Crippen molar-refractivity contribution in [2.24, 2.45) is 5.92 Å². The lowest BCUT2D eigenvalue weighted by molar-refractivity contribution is 0.0918. The molecule has 2 atom stereocenters. The minimum atomic E-state index is -0.414. The number of amides is 1. The van der Waals surface area contributed by atoms with Crippen LogP contribution in [0.4, 0.5) is 0 Å². The molecule has 6 nitrogen and oxygen atoms in total. The largest absolute Gasteiger partial charge is 0.391 e. The van der Waals surface area contributed by atoms with E-state index in [0.29, 0.717) is 25.4 Å². The maximum absolute atomic E-state index is 12.0. The second-order valence-electron chi connectivity index (χ2n) is 5.14. The van der Waals surface area contributed by atoms with E-state index in [1.807, 2.05) is 30.3 Å². The van der Waals surface area contributed by atoms with Crippen LogP contribution in [-0.2, 0) is 0 Å². The van der Waals surface area contributed by atoms with Crippen LogP contribution in [0.1, 0.15) is 10.5 Å². The molecule has 6 heteroatoms. The molecule has 0 spiro atoms. The van der Waals surface area contributed by atoms with Crippen LogP contribution >= 0.6 is 0 Å². The summed E-state index contributed by atoms with van der Waals surface area (Å²) in [6.07, 6.45) is -0.414. The van der Waals surface area contributed by atoms with Gasteiger partial charge in [-0.3, -0.25) is 4.79 Å². The summed E-state index contributed by atoms with van der Waals surface area (Å²) in [5.41, 5.74) is 1.12. The molecule has 2 unspecified atom stereocenters.